The number of hydrogen-bond donors (Lipinski definition) is 2. The van der Waals surface area contributed by atoms with Gasteiger partial charge in [0, 0.05) is 25.3 Å². The lowest BCUT2D eigenvalue weighted by atomic mass is 10.2. The van der Waals surface area contributed by atoms with Crippen LogP contribution < -0.4 is 15.4 Å². The highest BCUT2D eigenvalue weighted by Gasteiger charge is 2.02. The first kappa shape index (κ1) is 20.8. The Morgan fingerprint density at radius 1 is 1.19 bits per heavy atom. The van der Waals surface area contributed by atoms with Crippen LogP contribution in [0.4, 0.5) is 0 Å². The quantitative estimate of drug-likeness (QED) is 0.403. The van der Waals surface area contributed by atoms with Crippen molar-refractivity contribution < 1.29 is 4.74 Å². The SMILES string of the molecule is CCNC(=NCc1ccc(OC(C)C)cc1)NCCCn1nc(C)cc1C. The third-order valence-electron chi connectivity index (χ3n) is 4.00. The van der Waals surface area contributed by atoms with Crippen molar-refractivity contribution in [2.24, 2.45) is 4.99 Å². The summed E-state index contributed by atoms with van der Waals surface area (Å²) < 4.78 is 7.73. The Kier molecular flexibility index (Phi) is 8.17. The van der Waals surface area contributed by atoms with Crippen LogP contribution in [0.3, 0.4) is 0 Å². The number of ether oxygens (including phenoxy) is 1. The Hall–Kier alpha value is -2.50. The maximum Gasteiger partial charge on any atom is 0.191 e. The fraction of sp³-hybridized carbons (Fsp3) is 0.524. The zero-order valence-electron chi connectivity index (χ0n) is 17.2. The van der Waals surface area contributed by atoms with Crippen LogP contribution in [0.5, 0.6) is 5.75 Å². The standard InChI is InChI=1S/C21H33N5O/c1-6-22-21(23-12-7-13-26-18(5)14-17(4)25-26)24-15-19-8-10-20(11-9-19)27-16(2)3/h8-11,14,16H,6-7,12-13,15H2,1-5H3,(H2,22,23,24). The van der Waals surface area contributed by atoms with E-state index in [2.05, 4.69) is 57.5 Å². The van der Waals surface area contributed by atoms with Crippen molar-refractivity contribution in [3.8, 4) is 5.75 Å². The number of aromatic nitrogens is 2. The molecule has 1 aromatic heterocycles. The topological polar surface area (TPSA) is 63.5 Å². The molecule has 0 saturated heterocycles. The Morgan fingerprint density at radius 2 is 1.93 bits per heavy atom. The highest BCUT2D eigenvalue weighted by Crippen LogP contribution is 2.14. The second-order valence-electron chi connectivity index (χ2n) is 6.94. The molecule has 0 aliphatic heterocycles. The molecular formula is C21H33N5O. The third kappa shape index (κ3) is 7.33. The summed E-state index contributed by atoms with van der Waals surface area (Å²) in [5.74, 6) is 1.74. The summed E-state index contributed by atoms with van der Waals surface area (Å²) in [6.07, 6.45) is 1.18. The lowest BCUT2D eigenvalue weighted by Gasteiger charge is -2.12. The first-order valence-electron chi connectivity index (χ1n) is 9.76. The first-order chi connectivity index (χ1) is 13.0. The molecule has 2 N–H and O–H groups in total. The Labute approximate surface area is 163 Å². The van der Waals surface area contributed by atoms with Crippen LogP contribution >= 0.6 is 0 Å². The van der Waals surface area contributed by atoms with Crippen molar-refractivity contribution in [1.82, 2.24) is 20.4 Å². The van der Waals surface area contributed by atoms with Gasteiger partial charge in [-0.2, -0.15) is 5.10 Å². The summed E-state index contributed by atoms with van der Waals surface area (Å²) in [5.41, 5.74) is 3.43. The van der Waals surface area contributed by atoms with Crippen molar-refractivity contribution in [2.75, 3.05) is 13.1 Å². The maximum absolute atomic E-state index is 5.68. The van der Waals surface area contributed by atoms with Gasteiger partial charge in [-0.1, -0.05) is 12.1 Å². The van der Waals surface area contributed by atoms with Crippen LogP contribution in [-0.4, -0.2) is 34.9 Å². The van der Waals surface area contributed by atoms with Crippen LogP contribution in [0, 0.1) is 13.8 Å². The minimum absolute atomic E-state index is 0.188. The Morgan fingerprint density at radius 3 is 2.52 bits per heavy atom. The molecule has 6 nitrogen and oxygen atoms in total. The molecule has 2 rings (SSSR count). The van der Waals surface area contributed by atoms with Gasteiger partial charge in [-0.25, -0.2) is 4.99 Å². The summed E-state index contributed by atoms with van der Waals surface area (Å²) in [6.45, 7) is 13.5. The lowest BCUT2D eigenvalue weighted by Crippen LogP contribution is -2.38. The number of aryl methyl sites for hydroxylation is 3. The molecule has 0 amide bonds. The van der Waals surface area contributed by atoms with E-state index >= 15 is 0 Å². The molecule has 6 heteroatoms. The van der Waals surface area contributed by atoms with E-state index in [1.165, 1.54) is 5.69 Å². The van der Waals surface area contributed by atoms with Crippen molar-refractivity contribution >= 4 is 5.96 Å². The average molecular weight is 372 g/mol. The molecule has 2 aromatic rings. The van der Waals surface area contributed by atoms with Crippen LogP contribution in [0.2, 0.25) is 0 Å². The van der Waals surface area contributed by atoms with E-state index in [0.29, 0.717) is 6.54 Å². The molecule has 0 aliphatic carbocycles. The van der Waals surface area contributed by atoms with E-state index in [1.807, 2.05) is 32.9 Å². The summed E-state index contributed by atoms with van der Waals surface area (Å²) in [5, 5.41) is 11.2. The smallest absolute Gasteiger partial charge is 0.191 e. The second-order valence-corrected chi connectivity index (χ2v) is 6.94. The number of nitrogens with one attached hydrogen (secondary N) is 2. The summed E-state index contributed by atoms with van der Waals surface area (Å²) in [4.78, 5) is 4.67. The van der Waals surface area contributed by atoms with E-state index in [0.717, 1.165) is 49.0 Å². The first-order valence-corrected chi connectivity index (χ1v) is 9.76. The number of nitrogens with zero attached hydrogens (tertiary/aromatic N) is 3. The van der Waals surface area contributed by atoms with Gasteiger partial charge in [0.15, 0.2) is 5.96 Å². The molecule has 0 atom stereocenters. The number of guanidine groups is 1. The van der Waals surface area contributed by atoms with Crippen molar-refractivity contribution in [3.05, 3.63) is 47.3 Å². The Bertz CT molecular complexity index is 719. The van der Waals surface area contributed by atoms with E-state index in [4.69, 9.17) is 4.74 Å². The van der Waals surface area contributed by atoms with Crippen LogP contribution in [0.1, 0.15) is 44.1 Å². The largest absolute Gasteiger partial charge is 0.491 e. The lowest BCUT2D eigenvalue weighted by molar-refractivity contribution is 0.242. The predicted octanol–water partition coefficient (Wildman–Crippen LogP) is 3.43. The summed E-state index contributed by atoms with van der Waals surface area (Å²) in [6, 6.07) is 10.2. The van der Waals surface area contributed by atoms with Crippen molar-refractivity contribution in [3.63, 3.8) is 0 Å². The highest BCUT2D eigenvalue weighted by atomic mass is 16.5. The molecule has 148 valence electrons. The minimum Gasteiger partial charge on any atom is -0.491 e. The van der Waals surface area contributed by atoms with Crippen LogP contribution in [0.15, 0.2) is 35.3 Å². The molecule has 0 unspecified atom stereocenters. The van der Waals surface area contributed by atoms with Gasteiger partial charge in [0.2, 0.25) is 0 Å². The Balaban J connectivity index is 1.81. The average Bonchev–Trinajstić information content (AvgIpc) is 2.94. The second kappa shape index (κ2) is 10.6. The van der Waals surface area contributed by atoms with Crippen molar-refractivity contribution in [1.29, 1.82) is 0 Å². The molecule has 27 heavy (non-hydrogen) atoms. The molecule has 0 fully saturated rings. The van der Waals surface area contributed by atoms with E-state index in [9.17, 15) is 0 Å². The minimum atomic E-state index is 0.188. The number of aliphatic imine (C=N–C) groups is 1. The fourth-order valence-corrected chi connectivity index (χ4v) is 2.79. The van der Waals surface area contributed by atoms with Gasteiger partial charge in [-0.05, 0) is 64.8 Å². The van der Waals surface area contributed by atoms with Crippen molar-refractivity contribution in [2.45, 2.75) is 60.2 Å². The maximum atomic E-state index is 5.68. The molecule has 0 aliphatic rings. The number of benzene rings is 1. The molecule has 0 radical (unpaired) electrons. The molecule has 1 aromatic carbocycles. The number of hydrogen-bond acceptors (Lipinski definition) is 3. The van der Waals surface area contributed by atoms with E-state index in [1.54, 1.807) is 0 Å². The molecular weight excluding hydrogens is 338 g/mol. The highest BCUT2D eigenvalue weighted by molar-refractivity contribution is 5.79. The fourth-order valence-electron chi connectivity index (χ4n) is 2.79. The van der Waals surface area contributed by atoms with E-state index in [-0.39, 0.29) is 6.10 Å². The summed E-state index contributed by atoms with van der Waals surface area (Å²) >= 11 is 0. The van der Waals surface area contributed by atoms with Gasteiger partial charge in [-0.3, -0.25) is 4.68 Å². The van der Waals surface area contributed by atoms with Gasteiger partial charge in [0.05, 0.1) is 18.3 Å². The monoisotopic (exact) mass is 371 g/mol. The van der Waals surface area contributed by atoms with Gasteiger partial charge in [0.1, 0.15) is 5.75 Å². The van der Waals surface area contributed by atoms with Crippen LogP contribution in [-0.2, 0) is 13.1 Å². The van der Waals surface area contributed by atoms with E-state index < -0.39 is 0 Å². The molecule has 0 bridgehead atoms. The molecule has 1 heterocycles. The normalized spacial score (nSPS) is 11.7. The van der Waals surface area contributed by atoms with Gasteiger partial charge < -0.3 is 15.4 Å². The zero-order chi connectivity index (χ0) is 19.6. The molecule has 0 spiro atoms. The summed E-state index contributed by atoms with van der Waals surface area (Å²) in [7, 11) is 0. The zero-order valence-corrected chi connectivity index (χ0v) is 17.2. The van der Waals surface area contributed by atoms with Crippen LogP contribution in [0.25, 0.3) is 0 Å². The molecule has 0 saturated carbocycles. The van der Waals surface area contributed by atoms with Gasteiger partial charge in [-0.15, -0.1) is 0 Å². The van der Waals surface area contributed by atoms with Gasteiger partial charge in [0.25, 0.3) is 0 Å². The third-order valence-corrected chi connectivity index (χ3v) is 4.00. The number of rotatable bonds is 9. The van der Waals surface area contributed by atoms with Gasteiger partial charge >= 0.3 is 0 Å². The predicted molar refractivity (Wildman–Crippen MR) is 111 cm³/mol.